The minimum Gasteiger partial charge on any atom is -0.497 e. The fraction of sp³-hybridized carbons (Fsp3) is 0.300. The van der Waals surface area contributed by atoms with Crippen LogP contribution in [0.1, 0.15) is 12.5 Å². The summed E-state index contributed by atoms with van der Waals surface area (Å²) >= 11 is 5.99. The smallest absolute Gasteiger partial charge is 0.313 e. The van der Waals surface area contributed by atoms with Crippen LogP contribution in [-0.4, -0.2) is 31.7 Å². The molecule has 0 aliphatic carbocycles. The van der Waals surface area contributed by atoms with Crippen molar-refractivity contribution in [3.8, 4) is 11.5 Å². The van der Waals surface area contributed by atoms with Crippen LogP contribution in [0.5, 0.6) is 11.5 Å². The molecule has 0 unspecified atom stereocenters. The van der Waals surface area contributed by atoms with Crippen molar-refractivity contribution in [1.29, 1.82) is 0 Å². The zero-order valence-corrected chi connectivity index (χ0v) is 15.8. The van der Waals surface area contributed by atoms with Gasteiger partial charge in [0, 0.05) is 10.7 Å². The number of amides is 1. The molecule has 0 radical (unpaired) electrons. The largest absolute Gasteiger partial charge is 0.497 e. The molecule has 142 valence electrons. The summed E-state index contributed by atoms with van der Waals surface area (Å²) < 4.78 is 16.0. The first-order valence-electron chi connectivity index (χ1n) is 8.53. The maximum absolute atomic E-state index is 12.4. The number of anilines is 1. The summed E-state index contributed by atoms with van der Waals surface area (Å²) in [5, 5.41) is 3.29. The van der Waals surface area contributed by atoms with Gasteiger partial charge in [0.1, 0.15) is 18.1 Å². The third-order valence-electron chi connectivity index (χ3n) is 4.28. The van der Waals surface area contributed by atoms with Gasteiger partial charge in [-0.1, -0.05) is 11.6 Å². The molecule has 1 amide bonds. The molecule has 1 N–H and O–H groups in total. The predicted molar refractivity (Wildman–Crippen MR) is 101 cm³/mol. The number of methoxy groups -OCH3 is 1. The Morgan fingerprint density at radius 3 is 2.67 bits per heavy atom. The molecule has 2 aromatic carbocycles. The minimum atomic E-state index is -0.930. The average Bonchev–Trinajstić information content (AvgIpc) is 2.67. The van der Waals surface area contributed by atoms with E-state index in [1.165, 1.54) is 6.92 Å². The standard InChI is InChI=1S/C20H20ClNO5/c1-12(19(23)22-16-4-6-17(25-2)7-5-16)27-20(24)14-9-13-10-15(21)3-8-18(13)26-11-14/h3-8,10,12,14H,9,11H2,1-2H3,(H,22,23)/t12-,14-/m0/s1. The van der Waals surface area contributed by atoms with Crippen LogP contribution < -0.4 is 14.8 Å². The second kappa shape index (κ2) is 8.31. The number of halogens is 1. The molecule has 2 atom stereocenters. The molecule has 27 heavy (non-hydrogen) atoms. The van der Waals surface area contributed by atoms with Crippen LogP contribution in [0.2, 0.25) is 5.02 Å². The van der Waals surface area contributed by atoms with Gasteiger partial charge in [0.25, 0.3) is 5.91 Å². The second-order valence-electron chi connectivity index (χ2n) is 6.26. The summed E-state index contributed by atoms with van der Waals surface area (Å²) in [6.07, 6.45) is -0.470. The highest BCUT2D eigenvalue weighted by molar-refractivity contribution is 6.30. The first-order valence-corrected chi connectivity index (χ1v) is 8.90. The van der Waals surface area contributed by atoms with Gasteiger partial charge in [0.2, 0.25) is 0 Å². The summed E-state index contributed by atoms with van der Waals surface area (Å²) in [6.45, 7) is 1.74. The first-order chi connectivity index (χ1) is 13.0. The van der Waals surface area contributed by atoms with Crippen LogP contribution in [0, 0.1) is 5.92 Å². The van der Waals surface area contributed by atoms with E-state index >= 15 is 0 Å². The van der Waals surface area contributed by atoms with E-state index in [2.05, 4.69) is 5.32 Å². The SMILES string of the molecule is COc1ccc(NC(=O)[C@H](C)OC(=O)[C@@H]2COc3ccc(Cl)cc3C2)cc1. The number of fused-ring (bicyclic) bond motifs is 1. The van der Waals surface area contributed by atoms with Gasteiger partial charge >= 0.3 is 5.97 Å². The van der Waals surface area contributed by atoms with Crippen molar-refractivity contribution in [2.45, 2.75) is 19.4 Å². The predicted octanol–water partition coefficient (Wildman–Crippen LogP) is 3.47. The molecular weight excluding hydrogens is 370 g/mol. The topological polar surface area (TPSA) is 73.9 Å². The average molecular weight is 390 g/mol. The van der Waals surface area contributed by atoms with Crippen molar-refractivity contribution in [3.63, 3.8) is 0 Å². The van der Waals surface area contributed by atoms with Gasteiger partial charge in [-0.05, 0) is 61.4 Å². The number of hydrogen-bond acceptors (Lipinski definition) is 5. The minimum absolute atomic E-state index is 0.209. The van der Waals surface area contributed by atoms with Crippen LogP contribution >= 0.6 is 11.6 Å². The summed E-state index contributed by atoms with van der Waals surface area (Å²) in [6, 6.07) is 12.2. The lowest BCUT2D eigenvalue weighted by Gasteiger charge is -2.25. The number of nitrogens with one attached hydrogen (secondary N) is 1. The molecular formula is C20H20ClNO5. The van der Waals surface area contributed by atoms with Gasteiger partial charge in [0.15, 0.2) is 6.10 Å². The Bertz CT molecular complexity index is 837. The van der Waals surface area contributed by atoms with E-state index in [0.29, 0.717) is 28.6 Å². The van der Waals surface area contributed by atoms with Gasteiger partial charge in [-0.15, -0.1) is 0 Å². The van der Waals surface area contributed by atoms with Crippen molar-refractivity contribution >= 4 is 29.2 Å². The lowest BCUT2D eigenvalue weighted by atomic mass is 9.97. The lowest BCUT2D eigenvalue weighted by Crippen LogP contribution is -2.36. The second-order valence-corrected chi connectivity index (χ2v) is 6.70. The van der Waals surface area contributed by atoms with Crippen LogP contribution in [0.15, 0.2) is 42.5 Å². The van der Waals surface area contributed by atoms with Gasteiger partial charge in [-0.3, -0.25) is 9.59 Å². The van der Waals surface area contributed by atoms with Crippen molar-refractivity contribution in [1.82, 2.24) is 0 Å². The maximum Gasteiger partial charge on any atom is 0.313 e. The normalized spacial score (nSPS) is 16.5. The Labute approximate surface area is 162 Å². The first kappa shape index (κ1) is 19.0. The lowest BCUT2D eigenvalue weighted by molar-refractivity contribution is -0.158. The molecule has 0 saturated carbocycles. The number of hydrogen-bond donors (Lipinski definition) is 1. The number of esters is 1. The summed E-state index contributed by atoms with van der Waals surface area (Å²) in [5.74, 6) is 0.0396. The molecule has 1 heterocycles. The highest BCUT2D eigenvalue weighted by atomic mass is 35.5. The highest BCUT2D eigenvalue weighted by Gasteiger charge is 2.30. The molecule has 1 aliphatic rings. The molecule has 7 heteroatoms. The fourth-order valence-electron chi connectivity index (χ4n) is 2.76. The van der Waals surface area contributed by atoms with E-state index in [-0.39, 0.29) is 6.61 Å². The van der Waals surface area contributed by atoms with Gasteiger partial charge in [-0.2, -0.15) is 0 Å². The number of carbonyl (C=O) groups excluding carboxylic acids is 2. The third kappa shape index (κ3) is 4.71. The molecule has 3 rings (SSSR count). The van der Waals surface area contributed by atoms with E-state index in [9.17, 15) is 9.59 Å². The molecule has 6 nitrogen and oxygen atoms in total. The van der Waals surface area contributed by atoms with Crippen molar-refractivity contribution < 1.29 is 23.8 Å². The van der Waals surface area contributed by atoms with Crippen LogP contribution in [0.4, 0.5) is 5.69 Å². The van der Waals surface area contributed by atoms with Crippen LogP contribution in [-0.2, 0) is 20.7 Å². The molecule has 0 spiro atoms. The van der Waals surface area contributed by atoms with E-state index in [0.717, 1.165) is 5.56 Å². The quantitative estimate of drug-likeness (QED) is 0.792. The van der Waals surface area contributed by atoms with E-state index < -0.39 is 23.9 Å². The van der Waals surface area contributed by atoms with Crippen LogP contribution in [0.25, 0.3) is 0 Å². The Morgan fingerprint density at radius 2 is 1.96 bits per heavy atom. The van der Waals surface area contributed by atoms with Gasteiger partial charge in [-0.25, -0.2) is 0 Å². The number of carbonyl (C=O) groups is 2. The fourth-order valence-corrected chi connectivity index (χ4v) is 2.95. The van der Waals surface area contributed by atoms with Crippen molar-refractivity contribution in [2.24, 2.45) is 5.92 Å². The number of ether oxygens (including phenoxy) is 3. The molecule has 1 aliphatic heterocycles. The molecule has 0 aromatic heterocycles. The monoisotopic (exact) mass is 389 g/mol. The molecule has 0 fully saturated rings. The van der Waals surface area contributed by atoms with E-state index in [1.807, 2.05) is 0 Å². The molecule has 2 aromatic rings. The van der Waals surface area contributed by atoms with Crippen LogP contribution in [0.3, 0.4) is 0 Å². The zero-order chi connectivity index (χ0) is 19.4. The Morgan fingerprint density at radius 1 is 1.22 bits per heavy atom. The van der Waals surface area contributed by atoms with Gasteiger partial charge in [0.05, 0.1) is 13.0 Å². The van der Waals surface area contributed by atoms with Crippen molar-refractivity contribution in [3.05, 3.63) is 53.1 Å². The van der Waals surface area contributed by atoms with E-state index in [1.54, 1.807) is 49.6 Å². The van der Waals surface area contributed by atoms with Crippen molar-refractivity contribution in [2.75, 3.05) is 19.0 Å². The molecule has 0 bridgehead atoms. The summed E-state index contributed by atoms with van der Waals surface area (Å²) in [7, 11) is 1.57. The molecule has 0 saturated heterocycles. The summed E-state index contributed by atoms with van der Waals surface area (Å²) in [5.41, 5.74) is 1.44. The number of rotatable bonds is 5. The third-order valence-corrected chi connectivity index (χ3v) is 4.52. The Kier molecular flexibility index (Phi) is 5.86. The zero-order valence-electron chi connectivity index (χ0n) is 15.0. The number of benzene rings is 2. The highest BCUT2D eigenvalue weighted by Crippen LogP contribution is 2.30. The summed E-state index contributed by atoms with van der Waals surface area (Å²) in [4.78, 5) is 24.7. The van der Waals surface area contributed by atoms with E-state index in [4.69, 9.17) is 25.8 Å². The Hall–Kier alpha value is -2.73. The van der Waals surface area contributed by atoms with Gasteiger partial charge < -0.3 is 19.5 Å². The maximum atomic E-state index is 12.4. The Balaban J connectivity index is 1.56.